The molecule has 0 radical (unpaired) electrons. The van der Waals surface area contributed by atoms with E-state index in [0.717, 1.165) is 10.0 Å². The topological polar surface area (TPSA) is 40.5 Å². The number of hydrogen-bond donors (Lipinski definition) is 1. The second kappa shape index (κ2) is 4.87. The van der Waals surface area contributed by atoms with Crippen LogP contribution in [0.4, 0.5) is 4.79 Å². The first-order valence-corrected chi connectivity index (χ1v) is 5.85. The molecule has 0 aromatic heterocycles. The lowest BCUT2D eigenvalue weighted by Crippen LogP contribution is -2.44. The molecule has 16 heavy (non-hydrogen) atoms. The first-order valence-electron chi connectivity index (χ1n) is 5.06. The summed E-state index contributed by atoms with van der Waals surface area (Å²) < 4.78 is 0.962. The first kappa shape index (κ1) is 13.0. The Balaban J connectivity index is 2.89. The van der Waals surface area contributed by atoms with Crippen LogP contribution in [0, 0.1) is 0 Å². The number of rotatable bonds is 2. The van der Waals surface area contributed by atoms with E-state index in [9.17, 15) is 4.79 Å². The largest absolute Gasteiger partial charge is 0.465 e. The van der Waals surface area contributed by atoms with Gasteiger partial charge in [-0.15, -0.1) is 0 Å². The van der Waals surface area contributed by atoms with Crippen molar-refractivity contribution in [2.75, 3.05) is 0 Å². The molecule has 3 nitrogen and oxygen atoms in total. The number of benzene rings is 1. The summed E-state index contributed by atoms with van der Waals surface area (Å²) in [5, 5.41) is 9.15. The number of amides is 1. The maximum Gasteiger partial charge on any atom is 0.408 e. The normalized spacial score (nSPS) is 11.2. The van der Waals surface area contributed by atoms with E-state index >= 15 is 0 Å². The van der Waals surface area contributed by atoms with E-state index in [-0.39, 0.29) is 0 Å². The molecule has 0 unspecified atom stereocenters. The minimum Gasteiger partial charge on any atom is -0.465 e. The van der Waals surface area contributed by atoms with E-state index in [2.05, 4.69) is 15.9 Å². The highest BCUT2D eigenvalue weighted by Gasteiger charge is 2.25. The van der Waals surface area contributed by atoms with E-state index in [4.69, 9.17) is 5.11 Å². The van der Waals surface area contributed by atoms with Gasteiger partial charge in [0, 0.05) is 16.6 Å². The molecule has 1 N–H and O–H groups in total. The second-order valence-corrected chi connectivity index (χ2v) is 5.59. The molecular formula is C12H16BrNO2. The van der Waals surface area contributed by atoms with Gasteiger partial charge in [-0.2, -0.15) is 0 Å². The molecule has 0 heterocycles. The molecule has 0 aliphatic carbocycles. The standard InChI is InChI=1S/C12H16BrNO2/c1-12(2,3)14(11(15)16)8-9-5-4-6-10(13)7-9/h4-7H,8H2,1-3H3,(H,15,16). The van der Waals surface area contributed by atoms with Crippen LogP contribution in [0.5, 0.6) is 0 Å². The van der Waals surface area contributed by atoms with Gasteiger partial charge < -0.3 is 5.11 Å². The number of hydrogen-bond acceptors (Lipinski definition) is 1. The maximum absolute atomic E-state index is 11.1. The van der Waals surface area contributed by atoms with Gasteiger partial charge in [0.15, 0.2) is 0 Å². The third-order valence-electron chi connectivity index (χ3n) is 2.27. The molecule has 1 aromatic rings. The van der Waals surface area contributed by atoms with Crippen LogP contribution in [-0.4, -0.2) is 21.6 Å². The average Bonchev–Trinajstić information content (AvgIpc) is 2.12. The third kappa shape index (κ3) is 3.52. The van der Waals surface area contributed by atoms with Gasteiger partial charge in [-0.3, -0.25) is 4.90 Å². The van der Waals surface area contributed by atoms with E-state index in [0.29, 0.717) is 6.54 Å². The predicted molar refractivity (Wildman–Crippen MR) is 67.5 cm³/mol. The van der Waals surface area contributed by atoms with Crippen LogP contribution in [0.1, 0.15) is 26.3 Å². The Morgan fingerprint density at radius 2 is 2.06 bits per heavy atom. The number of carboxylic acid groups (broad SMARTS) is 1. The van der Waals surface area contributed by atoms with E-state index in [1.54, 1.807) is 0 Å². The van der Waals surface area contributed by atoms with E-state index in [1.165, 1.54) is 4.90 Å². The van der Waals surface area contributed by atoms with Gasteiger partial charge in [0.1, 0.15) is 0 Å². The molecule has 0 saturated carbocycles. The average molecular weight is 286 g/mol. The second-order valence-electron chi connectivity index (χ2n) is 4.67. The highest BCUT2D eigenvalue weighted by Crippen LogP contribution is 2.19. The lowest BCUT2D eigenvalue weighted by atomic mass is 10.1. The zero-order valence-electron chi connectivity index (χ0n) is 9.70. The van der Waals surface area contributed by atoms with Gasteiger partial charge in [0.2, 0.25) is 0 Å². The van der Waals surface area contributed by atoms with Gasteiger partial charge in [0.05, 0.1) is 0 Å². The van der Waals surface area contributed by atoms with Crippen molar-refractivity contribution in [3.63, 3.8) is 0 Å². The maximum atomic E-state index is 11.1. The Hall–Kier alpha value is -1.03. The number of carbonyl (C=O) groups is 1. The molecule has 1 amide bonds. The Morgan fingerprint density at radius 1 is 1.44 bits per heavy atom. The molecule has 0 bridgehead atoms. The van der Waals surface area contributed by atoms with Crippen LogP contribution in [0.15, 0.2) is 28.7 Å². The van der Waals surface area contributed by atoms with Crippen molar-refractivity contribution in [2.45, 2.75) is 32.9 Å². The molecule has 1 aromatic carbocycles. The van der Waals surface area contributed by atoms with Crippen LogP contribution in [-0.2, 0) is 6.54 Å². The summed E-state index contributed by atoms with van der Waals surface area (Å²) >= 11 is 3.37. The van der Waals surface area contributed by atoms with Crippen molar-refractivity contribution in [1.82, 2.24) is 4.90 Å². The summed E-state index contributed by atoms with van der Waals surface area (Å²) in [6, 6.07) is 7.68. The Morgan fingerprint density at radius 3 is 2.50 bits per heavy atom. The SMILES string of the molecule is CC(C)(C)N(Cc1cccc(Br)c1)C(=O)O. The summed E-state index contributed by atoms with van der Waals surface area (Å²) in [4.78, 5) is 12.6. The van der Waals surface area contributed by atoms with Crippen LogP contribution in [0.2, 0.25) is 0 Å². The molecule has 0 aliphatic rings. The van der Waals surface area contributed by atoms with E-state index in [1.807, 2.05) is 45.0 Å². The third-order valence-corrected chi connectivity index (χ3v) is 2.76. The summed E-state index contributed by atoms with van der Waals surface area (Å²) in [5.41, 5.74) is 0.584. The molecule has 0 spiro atoms. The van der Waals surface area contributed by atoms with Crippen molar-refractivity contribution < 1.29 is 9.90 Å². The fraction of sp³-hybridized carbons (Fsp3) is 0.417. The van der Waals surface area contributed by atoms with Gasteiger partial charge in [-0.05, 0) is 38.5 Å². The molecule has 0 atom stereocenters. The molecule has 88 valence electrons. The van der Waals surface area contributed by atoms with Gasteiger partial charge >= 0.3 is 6.09 Å². The fourth-order valence-corrected chi connectivity index (χ4v) is 1.86. The van der Waals surface area contributed by atoms with Crippen molar-refractivity contribution in [3.05, 3.63) is 34.3 Å². The fourth-order valence-electron chi connectivity index (χ4n) is 1.41. The van der Waals surface area contributed by atoms with Crippen LogP contribution in [0.3, 0.4) is 0 Å². The molecule has 1 rings (SSSR count). The van der Waals surface area contributed by atoms with Gasteiger partial charge in [0.25, 0.3) is 0 Å². The molecule has 0 aliphatic heterocycles. The van der Waals surface area contributed by atoms with Gasteiger partial charge in [-0.1, -0.05) is 28.1 Å². The number of nitrogens with zero attached hydrogens (tertiary/aromatic N) is 1. The summed E-state index contributed by atoms with van der Waals surface area (Å²) in [6.45, 7) is 6.07. The van der Waals surface area contributed by atoms with Crippen LogP contribution in [0.25, 0.3) is 0 Å². The van der Waals surface area contributed by atoms with Crippen molar-refractivity contribution in [1.29, 1.82) is 0 Å². The molecule has 0 saturated heterocycles. The first-order chi connectivity index (χ1) is 7.30. The van der Waals surface area contributed by atoms with Crippen molar-refractivity contribution >= 4 is 22.0 Å². The smallest absolute Gasteiger partial charge is 0.408 e. The minimum atomic E-state index is -0.896. The summed E-state index contributed by atoms with van der Waals surface area (Å²) in [7, 11) is 0. The zero-order chi connectivity index (χ0) is 12.3. The van der Waals surface area contributed by atoms with Gasteiger partial charge in [-0.25, -0.2) is 4.79 Å². The zero-order valence-corrected chi connectivity index (χ0v) is 11.3. The monoisotopic (exact) mass is 285 g/mol. The Labute approximate surface area is 104 Å². The summed E-state index contributed by atoms with van der Waals surface area (Å²) in [6.07, 6.45) is -0.896. The van der Waals surface area contributed by atoms with Crippen molar-refractivity contribution in [3.8, 4) is 0 Å². The Bertz CT molecular complexity index is 385. The quantitative estimate of drug-likeness (QED) is 0.900. The highest BCUT2D eigenvalue weighted by atomic mass is 79.9. The Kier molecular flexibility index (Phi) is 3.97. The van der Waals surface area contributed by atoms with Crippen LogP contribution >= 0.6 is 15.9 Å². The summed E-state index contributed by atoms with van der Waals surface area (Å²) in [5.74, 6) is 0. The van der Waals surface area contributed by atoms with Crippen LogP contribution < -0.4 is 0 Å². The lowest BCUT2D eigenvalue weighted by molar-refractivity contribution is 0.0955. The minimum absolute atomic E-state index is 0.395. The highest BCUT2D eigenvalue weighted by molar-refractivity contribution is 9.10. The predicted octanol–water partition coefficient (Wildman–Crippen LogP) is 3.73. The molecular weight excluding hydrogens is 270 g/mol. The number of halogens is 1. The van der Waals surface area contributed by atoms with E-state index < -0.39 is 11.6 Å². The molecule has 4 heteroatoms. The lowest BCUT2D eigenvalue weighted by Gasteiger charge is -2.33. The molecule has 0 fully saturated rings. The van der Waals surface area contributed by atoms with Crippen molar-refractivity contribution in [2.24, 2.45) is 0 Å².